The van der Waals surface area contributed by atoms with Crippen molar-refractivity contribution in [1.29, 1.82) is 0 Å². The molecule has 5 rings (SSSR count). The molecule has 1 aliphatic carbocycles. The lowest BCUT2D eigenvalue weighted by Gasteiger charge is -2.25. The SMILES string of the molecule is Cc1cc(C)cc(N2C[C@H](C(=O)Oc3ccc(N4C(=O)[C@@H]5CC[C@@H](C)C[C@H]5C4=O)cc3)CC2=O)c1. The minimum Gasteiger partial charge on any atom is -0.426 e. The van der Waals surface area contributed by atoms with Crippen LogP contribution in [-0.4, -0.2) is 30.2 Å². The number of imide groups is 1. The van der Waals surface area contributed by atoms with Crippen LogP contribution in [0.4, 0.5) is 11.4 Å². The van der Waals surface area contributed by atoms with Crippen molar-refractivity contribution in [3.63, 3.8) is 0 Å². The molecule has 2 aromatic rings. The smallest absolute Gasteiger partial charge is 0.316 e. The molecule has 3 aliphatic rings. The maximum absolute atomic E-state index is 12.9. The number of anilines is 2. The van der Waals surface area contributed by atoms with E-state index in [0.29, 0.717) is 17.4 Å². The molecule has 7 heteroatoms. The Labute approximate surface area is 205 Å². The van der Waals surface area contributed by atoms with Crippen molar-refractivity contribution in [1.82, 2.24) is 0 Å². The van der Waals surface area contributed by atoms with E-state index >= 15 is 0 Å². The van der Waals surface area contributed by atoms with Gasteiger partial charge in [0.2, 0.25) is 17.7 Å². The quantitative estimate of drug-likeness (QED) is 0.377. The summed E-state index contributed by atoms with van der Waals surface area (Å²) in [5.74, 6) is -1.08. The monoisotopic (exact) mass is 474 g/mol. The first-order valence-corrected chi connectivity index (χ1v) is 12.3. The number of aryl methyl sites for hydroxylation is 2. The zero-order valence-corrected chi connectivity index (χ0v) is 20.3. The number of esters is 1. The van der Waals surface area contributed by atoms with Gasteiger partial charge >= 0.3 is 5.97 Å². The Morgan fingerprint density at radius 2 is 1.54 bits per heavy atom. The summed E-state index contributed by atoms with van der Waals surface area (Å²) in [6.07, 6.45) is 2.57. The summed E-state index contributed by atoms with van der Waals surface area (Å²) < 4.78 is 5.55. The Bertz CT molecular complexity index is 1180. The molecule has 0 bridgehead atoms. The van der Waals surface area contributed by atoms with Crippen LogP contribution < -0.4 is 14.5 Å². The Balaban J connectivity index is 1.25. The summed E-state index contributed by atoms with van der Waals surface area (Å²) in [6.45, 7) is 6.35. The Kier molecular flexibility index (Phi) is 5.95. The molecule has 3 fully saturated rings. The zero-order valence-electron chi connectivity index (χ0n) is 20.3. The van der Waals surface area contributed by atoms with Gasteiger partial charge in [0.1, 0.15) is 5.75 Å². The summed E-state index contributed by atoms with van der Waals surface area (Å²) in [4.78, 5) is 54.2. The van der Waals surface area contributed by atoms with Gasteiger partial charge < -0.3 is 9.64 Å². The van der Waals surface area contributed by atoms with Gasteiger partial charge in [0.25, 0.3) is 0 Å². The lowest BCUT2D eigenvalue weighted by Crippen LogP contribution is -2.30. The lowest BCUT2D eigenvalue weighted by molar-refractivity contribution is -0.139. The highest BCUT2D eigenvalue weighted by Gasteiger charge is 2.50. The highest BCUT2D eigenvalue weighted by atomic mass is 16.5. The molecule has 4 atom stereocenters. The van der Waals surface area contributed by atoms with Crippen LogP contribution in [0.25, 0.3) is 0 Å². The molecule has 0 N–H and O–H groups in total. The molecule has 2 aliphatic heterocycles. The second-order valence-electron chi connectivity index (χ2n) is 10.3. The van der Waals surface area contributed by atoms with Crippen molar-refractivity contribution in [2.45, 2.75) is 46.5 Å². The molecule has 0 radical (unpaired) electrons. The number of nitrogens with zero attached hydrogens (tertiary/aromatic N) is 2. The van der Waals surface area contributed by atoms with Gasteiger partial charge in [-0.25, -0.2) is 0 Å². The van der Waals surface area contributed by atoms with E-state index in [4.69, 9.17) is 4.74 Å². The van der Waals surface area contributed by atoms with Crippen molar-refractivity contribution in [2.24, 2.45) is 23.7 Å². The lowest BCUT2D eigenvalue weighted by atomic mass is 9.76. The van der Waals surface area contributed by atoms with Crippen molar-refractivity contribution in [3.8, 4) is 5.75 Å². The van der Waals surface area contributed by atoms with E-state index < -0.39 is 11.9 Å². The minimum atomic E-state index is -0.560. The first kappa shape index (κ1) is 23.3. The van der Waals surface area contributed by atoms with E-state index in [-0.39, 0.29) is 42.5 Å². The number of carbonyl (C=O) groups excluding carboxylic acids is 4. The second kappa shape index (κ2) is 8.95. The summed E-state index contributed by atoms with van der Waals surface area (Å²) in [7, 11) is 0. The fourth-order valence-electron chi connectivity index (χ4n) is 5.73. The molecule has 0 unspecified atom stereocenters. The van der Waals surface area contributed by atoms with E-state index in [1.807, 2.05) is 32.0 Å². The maximum atomic E-state index is 12.9. The number of hydrogen-bond acceptors (Lipinski definition) is 5. The van der Waals surface area contributed by atoms with Crippen LogP contribution in [0.2, 0.25) is 0 Å². The first-order chi connectivity index (χ1) is 16.7. The third-order valence-corrected chi connectivity index (χ3v) is 7.48. The molecule has 2 saturated heterocycles. The van der Waals surface area contributed by atoms with Gasteiger partial charge in [-0.15, -0.1) is 0 Å². The number of rotatable bonds is 4. The van der Waals surface area contributed by atoms with Crippen LogP contribution in [-0.2, 0) is 19.2 Å². The predicted molar refractivity (Wildman–Crippen MR) is 131 cm³/mol. The number of amides is 3. The van der Waals surface area contributed by atoms with Crippen molar-refractivity contribution in [3.05, 3.63) is 53.6 Å². The van der Waals surface area contributed by atoms with Crippen LogP contribution in [0.15, 0.2) is 42.5 Å². The van der Waals surface area contributed by atoms with Gasteiger partial charge in [-0.2, -0.15) is 0 Å². The summed E-state index contributed by atoms with van der Waals surface area (Å²) in [5, 5.41) is 0. The van der Waals surface area contributed by atoms with E-state index in [9.17, 15) is 19.2 Å². The summed E-state index contributed by atoms with van der Waals surface area (Å²) in [6, 6.07) is 12.4. The van der Waals surface area contributed by atoms with E-state index in [1.165, 1.54) is 4.90 Å². The molecular formula is C28H30N2O5. The minimum absolute atomic E-state index is 0.0991. The normalized spacial score (nSPS) is 26.3. The maximum Gasteiger partial charge on any atom is 0.316 e. The van der Waals surface area contributed by atoms with Crippen LogP contribution in [0.5, 0.6) is 5.75 Å². The number of ether oxygens (including phenoxy) is 1. The molecule has 0 aromatic heterocycles. The van der Waals surface area contributed by atoms with Gasteiger partial charge in [0, 0.05) is 18.7 Å². The van der Waals surface area contributed by atoms with Gasteiger partial charge in [-0.3, -0.25) is 24.1 Å². The van der Waals surface area contributed by atoms with E-state index in [1.54, 1.807) is 29.2 Å². The molecule has 2 heterocycles. The average Bonchev–Trinajstić information content (AvgIpc) is 3.31. The van der Waals surface area contributed by atoms with Crippen LogP contribution in [0, 0.1) is 37.5 Å². The molecular weight excluding hydrogens is 444 g/mol. The standard InChI is InChI=1S/C28H30N2O5/c1-16-4-9-23-24(13-16)27(33)30(26(23)32)20-5-7-22(8-6-20)35-28(34)19-14-25(31)29(15-19)21-11-17(2)10-18(3)12-21/h5-8,10-12,16,19,23-24H,4,9,13-15H2,1-3H3/t16-,19-,23-,24-/m1/s1. The topological polar surface area (TPSA) is 84.0 Å². The molecule has 35 heavy (non-hydrogen) atoms. The average molecular weight is 475 g/mol. The molecule has 7 nitrogen and oxygen atoms in total. The van der Waals surface area contributed by atoms with E-state index in [2.05, 4.69) is 6.92 Å². The molecule has 0 spiro atoms. The molecule has 182 valence electrons. The Hall–Kier alpha value is -3.48. The number of fused-ring (bicyclic) bond motifs is 1. The van der Waals surface area contributed by atoms with Crippen molar-refractivity contribution >= 4 is 35.1 Å². The molecule has 2 aromatic carbocycles. The Morgan fingerprint density at radius 1 is 0.886 bits per heavy atom. The largest absolute Gasteiger partial charge is 0.426 e. The molecule has 1 saturated carbocycles. The van der Waals surface area contributed by atoms with E-state index in [0.717, 1.165) is 36.1 Å². The van der Waals surface area contributed by atoms with Gasteiger partial charge in [0.15, 0.2) is 0 Å². The van der Waals surface area contributed by atoms with Crippen molar-refractivity contribution in [2.75, 3.05) is 16.3 Å². The zero-order chi connectivity index (χ0) is 24.9. The van der Waals surface area contributed by atoms with Crippen LogP contribution in [0.3, 0.4) is 0 Å². The number of carbonyl (C=O) groups is 4. The summed E-state index contributed by atoms with van der Waals surface area (Å²) in [5.41, 5.74) is 3.41. The molecule has 3 amide bonds. The number of benzene rings is 2. The second-order valence-corrected chi connectivity index (χ2v) is 10.3. The van der Waals surface area contributed by atoms with Crippen molar-refractivity contribution < 1.29 is 23.9 Å². The third kappa shape index (κ3) is 4.35. The van der Waals surface area contributed by atoms with Crippen LogP contribution in [0.1, 0.15) is 43.7 Å². The fraction of sp³-hybridized carbons (Fsp3) is 0.429. The third-order valence-electron chi connectivity index (χ3n) is 7.48. The number of hydrogen-bond donors (Lipinski definition) is 0. The fourth-order valence-corrected chi connectivity index (χ4v) is 5.73. The predicted octanol–water partition coefficient (Wildman–Crippen LogP) is 4.19. The van der Waals surface area contributed by atoms with Crippen LogP contribution >= 0.6 is 0 Å². The van der Waals surface area contributed by atoms with Gasteiger partial charge in [0.05, 0.1) is 23.4 Å². The highest BCUT2D eigenvalue weighted by molar-refractivity contribution is 6.22. The highest BCUT2D eigenvalue weighted by Crippen LogP contribution is 2.42. The first-order valence-electron chi connectivity index (χ1n) is 12.3. The van der Waals surface area contributed by atoms with Gasteiger partial charge in [-0.1, -0.05) is 13.0 Å². The summed E-state index contributed by atoms with van der Waals surface area (Å²) >= 11 is 0. The van der Waals surface area contributed by atoms with Gasteiger partial charge in [-0.05, 0) is 86.6 Å². The Morgan fingerprint density at radius 3 is 2.23 bits per heavy atom.